The molecule has 1 N–H and O–H groups in total. The van der Waals surface area contributed by atoms with Crippen LogP contribution in [0.1, 0.15) is 23.8 Å². The SMILES string of the molecule is OC1CCC1c1nccs1. The summed E-state index contributed by atoms with van der Waals surface area (Å²) in [5, 5.41) is 12.3. The first-order valence-corrected chi connectivity index (χ1v) is 4.33. The Morgan fingerprint density at radius 2 is 2.50 bits per heavy atom. The fourth-order valence-electron chi connectivity index (χ4n) is 1.19. The molecule has 0 spiro atoms. The monoisotopic (exact) mass is 155 g/mol. The summed E-state index contributed by atoms with van der Waals surface area (Å²) >= 11 is 1.64. The van der Waals surface area contributed by atoms with Gasteiger partial charge in [-0.15, -0.1) is 11.3 Å². The van der Waals surface area contributed by atoms with Crippen LogP contribution in [0.2, 0.25) is 0 Å². The van der Waals surface area contributed by atoms with Crippen molar-refractivity contribution in [2.45, 2.75) is 24.9 Å². The van der Waals surface area contributed by atoms with Crippen LogP contribution in [0.5, 0.6) is 0 Å². The molecule has 1 aromatic heterocycles. The topological polar surface area (TPSA) is 33.1 Å². The molecule has 3 heteroatoms. The summed E-state index contributed by atoms with van der Waals surface area (Å²) < 4.78 is 0. The van der Waals surface area contributed by atoms with Crippen LogP contribution in [0, 0.1) is 0 Å². The van der Waals surface area contributed by atoms with E-state index in [4.69, 9.17) is 0 Å². The van der Waals surface area contributed by atoms with Gasteiger partial charge in [-0.25, -0.2) is 4.98 Å². The van der Waals surface area contributed by atoms with Crippen LogP contribution in [0.25, 0.3) is 0 Å². The first kappa shape index (κ1) is 6.31. The number of thiazole rings is 1. The van der Waals surface area contributed by atoms with E-state index in [1.54, 1.807) is 17.5 Å². The molecule has 1 saturated carbocycles. The van der Waals surface area contributed by atoms with Gasteiger partial charge in [-0.1, -0.05) is 0 Å². The van der Waals surface area contributed by atoms with Crippen molar-refractivity contribution < 1.29 is 5.11 Å². The summed E-state index contributed by atoms with van der Waals surface area (Å²) in [4.78, 5) is 4.15. The maximum Gasteiger partial charge on any atom is 0.0981 e. The highest BCUT2D eigenvalue weighted by atomic mass is 32.1. The zero-order chi connectivity index (χ0) is 6.97. The zero-order valence-corrected chi connectivity index (χ0v) is 6.34. The average molecular weight is 155 g/mol. The standard InChI is InChI=1S/C7H9NOS/c9-6-2-1-5(6)7-8-3-4-10-7/h3-6,9H,1-2H2. The molecule has 0 bridgehead atoms. The maximum atomic E-state index is 9.25. The average Bonchev–Trinajstić information content (AvgIpc) is 2.37. The minimum Gasteiger partial charge on any atom is -0.392 e. The van der Waals surface area contributed by atoms with Crippen LogP contribution >= 0.6 is 11.3 Å². The summed E-state index contributed by atoms with van der Waals surface area (Å²) in [6.45, 7) is 0. The third-order valence-corrected chi connectivity index (χ3v) is 2.91. The van der Waals surface area contributed by atoms with Crippen LogP contribution in [0.4, 0.5) is 0 Å². The predicted molar refractivity (Wildman–Crippen MR) is 40.1 cm³/mol. The van der Waals surface area contributed by atoms with E-state index in [1.165, 1.54) is 0 Å². The van der Waals surface area contributed by atoms with Crippen molar-refractivity contribution in [3.8, 4) is 0 Å². The Morgan fingerprint density at radius 1 is 1.60 bits per heavy atom. The zero-order valence-electron chi connectivity index (χ0n) is 5.53. The van der Waals surface area contributed by atoms with Crippen LogP contribution in [0.3, 0.4) is 0 Å². The van der Waals surface area contributed by atoms with Crippen LogP contribution in [-0.2, 0) is 0 Å². The highest BCUT2D eigenvalue weighted by molar-refractivity contribution is 7.09. The van der Waals surface area contributed by atoms with Gasteiger partial charge in [0.25, 0.3) is 0 Å². The van der Waals surface area contributed by atoms with Crippen molar-refractivity contribution in [2.75, 3.05) is 0 Å². The fraction of sp³-hybridized carbons (Fsp3) is 0.571. The molecule has 1 heterocycles. The molecule has 0 aliphatic heterocycles. The normalized spacial score (nSPS) is 31.7. The molecule has 0 amide bonds. The Hall–Kier alpha value is -0.410. The van der Waals surface area contributed by atoms with E-state index < -0.39 is 0 Å². The number of hydrogen-bond acceptors (Lipinski definition) is 3. The van der Waals surface area contributed by atoms with Gasteiger partial charge < -0.3 is 5.11 Å². The van der Waals surface area contributed by atoms with E-state index in [-0.39, 0.29) is 6.10 Å². The van der Waals surface area contributed by atoms with Gasteiger partial charge in [0.2, 0.25) is 0 Å². The Kier molecular flexibility index (Phi) is 1.47. The molecule has 2 atom stereocenters. The summed E-state index contributed by atoms with van der Waals surface area (Å²) in [5.41, 5.74) is 0. The summed E-state index contributed by atoms with van der Waals surface area (Å²) in [5.74, 6) is 0.347. The van der Waals surface area contributed by atoms with Gasteiger partial charge >= 0.3 is 0 Å². The Morgan fingerprint density at radius 3 is 2.90 bits per heavy atom. The van der Waals surface area contributed by atoms with E-state index in [0.29, 0.717) is 5.92 Å². The second-order valence-corrected chi connectivity index (χ2v) is 3.55. The molecule has 2 nitrogen and oxygen atoms in total. The Labute approximate surface area is 63.5 Å². The molecular formula is C7H9NOS. The van der Waals surface area contributed by atoms with Gasteiger partial charge in [0.05, 0.1) is 11.1 Å². The molecular weight excluding hydrogens is 146 g/mol. The van der Waals surface area contributed by atoms with Crippen molar-refractivity contribution in [1.29, 1.82) is 0 Å². The van der Waals surface area contributed by atoms with Crippen LogP contribution in [0.15, 0.2) is 11.6 Å². The first-order valence-electron chi connectivity index (χ1n) is 3.45. The number of aliphatic hydroxyl groups is 1. The number of aliphatic hydroxyl groups excluding tert-OH is 1. The van der Waals surface area contributed by atoms with E-state index in [0.717, 1.165) is 17.8 Å². The van der Waals surface area contributed by atoms with Gasteiger partial charge in [0.1, 0.15) is 0 Å². The summed E-state index contributed by atoms with van der Waals surface area (Å²) in [6, 6.07) is 0. The summed E-state index contributed by atoms with van der Waals surface area (Å²) in [6.07, 6.45) is 3.73. The van der Waals surface area contributed by atoms with Crippen molar-refractivity contribution in [3.63, 3.8) is 0 Å². The Bertz CT molecular complexity index is 209. The van der Waals surface area contributed by atoms with E-state index >= 15 is 0 Å². The first-order chi connectivity index (χ1) is 4.88. The van der Waals surface area contributed by atoms with E-state index in [1.807, 2.05) is 5.38 Å². The van der Waals surface area contributed by atoms with Gasteiger partial charge in [-0.05, 0) is 12.8 Å². The van der Waals surface area contributed by atoms with Gasteiger partial charge in [0, 0.05) is 17.5 Å². The molecule has 2 rings (SSSR count). The van der Waals surface area contributed by atoms with E-state index in [2.05, 4.69) is 4.98 Å². The van der Waals surface area contributed by atoms with Crippen molar-refractivity contribution >= 4 is 11.3 Å². The number of rotatable bonds is 1. The van der Waals surface area contributed by atoms with Crippen molar-refractivity contribution in [2.24, 2.45) is 0 Å². The third-order valence-electron chi connectivity index (χ3n) is 2.01. The minimum atomic E-state index is -0.119. The molecule has 1 aliphatic rings. The van der Waals surface area contributed by atoms with Gasteiger partial charge in [-0.2, -0.15) is 0 Å². The predicted octanol–water partition coefficient (Wildman–Crippen LogP) is 1.38. The molecule has 2 unspecified atom stereocenters. The lowest BCUT2D eigenvalue weighted by Gasteiger charge is -2.30. The van der Waals surface area contributed by atoms with Gasteiger partial charge in [-0.3, -0.25) is 0 Å². The third kappa shape index (κ3) is 0.859. The quantitative estimate of drug-likeness (QED) is 0.664. The van der Waals surface area contributed by atoms with Crippen LogP contribution < -0.4 is 0 Å². The lowest BCUT2D eigenvalue weighted by molar-refractivity contribution is 0.0660. The molecule has 54 valence electrons. The van der Waals surface area contributed by atoms with E-state index in [9.17, 15) is 5.11 Å². The van der Waals surface area contributed by atoms with Crippen LogP contribution in [-0.4, -0.2) is 16.2 Å². The molecule has 0 radical (unpaired) electrons. The minimum absolute atomic E-state index is 0.119. The molecule has 0 saturated heterocycles. The smallest absolute Gasteiger partial charge is 0.0981 e. The molecule has 10 heavy (non-hydrogen) atoms. The number of aromatic nitrogens is 1. The van der Waals surface area contributed by atoms with Crippen molar-refractivity contribution in [1.82, 2.24) is 4.98 Å². The second-order valence-electron chi connectivity index (χ2n) is 2.62. The molecule has 0 aromatic carbocycles. The summed E-state index contributed by atoms with van der Waals surface area (Å²) in [7, 11) is 0. The molecule has 1 aromatic rings. The molecule has 1 fully saturated rings. The Balaban J connectivity index is 2.14. The molecule has 1 aliphatic carbocycles. The largest absolute Gasteiger partial charge is 0.392 e. The fourth-order valence-corrected chi connectivity index (χ4v) is 2.02. The lowest BCUT2D eigenvalue weighted by atomic mass is 9.83. The highest BCUT2D eigenvalue weighted by Crippen LogP contribution is 2.37. The highest BCUT2D eigenvalue weighted by Gasteiger charge is 2.31. The number of nitrogens with zero attached hydrogens (tertiary/aromatic N) is 1. The van der Waals surface area contributed by atoms with Gasteiger partial charge in [0.15, 0.2) is 0 Å². The lowest BCUT2D eigenvalue weighted by Crippen LogP contribution is -2.28. The number of hydrogen-bond donors (Lipinski definition) is 1. The second kappa shape index (κ2) is 2.32. The maximum absolute atomic E-state index is 9.25. The van der Waals surface area contributed by atoms with Crippen molar-refractivity contribution in [3.05, 3.63) is 16.6 Å².